The maximum absolute atomic E-state index is 13.8. The number of nitrogens with one attached hydrogen (secondary N) is 1. The van der Waals surface area contributed by atoms with Crippen LogP contribution < -0.4 is 15.0 Å². The summed E-state index contributed by atoms with van der Waals surface area (Å²) < 4.78 is 77.6. The highest BCUT2D eigenvalue weighted by Crippen LogP contribution is 2.37. The van der Waals surface area contributed by atoms with E-state index in [0.29, 0.717) is 49.7 Å². The number of hydrogen-bond donors (Lipinski definition) is 2. The fourth-order valence-electron chi connectivity index (χ4n) is 5.27. The second-order valence-electron chi connectivity index (χ2n) is 10.7. The molecule has 0 aliphatic carbocycles. The van der Waals surface area contributed by atoms with Gasteiger partial charge in [-0.05, 0) is 73.4 Å². The summed E-state index contributed by atoms with van der Waals surface area (Å²) in [6.07, 6.45) is -3.93. The van der Waals surface area contributed by atoms with Crippen molar-refractivity contribution in [3.63, 3.8) is 0 Å². The Hall–Kier alpha value is -4.18. The molecule has 1 aliphatic rings. The van der Waals surface area contributed by atoms with Crippen molar-refractivity contribution in [2.24, 2.45) is 0 Å². The lowest BCUT2D eigenvalue weighted by Gasteiger charge is -2.39. The van der Waals surface area contributed by atoms with Gasteiger partial charge < -0.3 is 14.0 Å². The number of carbonyl (C=O) groups is 1. The molecular weight excluding hydrogens is 665 g/mol. The topological polar surface area (TPSA) is 144 Å². The molecule has 0 radical (unpaired) electrons. The molecule has 2 N–H and O–H groups in total. The summed E-state index contributed by atoms with van der Waals surface area (Å²) in [7, 11) is -4.18. The smallest absolute Gasteiger partial charge is 0.494 e. The van der Waals surface area contributed by atoms with E-state index in [9.17, 15) is 31.6 Å². The van der Waals surface area contributed by atoms with Crippen LogP contribution >= 0.6 is 12.4 Å². The fourth-order valence-corrected chi connectivity index (χ4v) is 7.22. The van der Waals surface area contributed by atoms with Crippen molar-refractivity contribution in [2.75, 3.05) is 19.7 Å². The number of alkyl halides is 3. The maximum atomic E-state index is 13.8. The van der Waals surface area contributed by atoms with Gasteiger partial charge in [-0.1, -0.05) is 35.5 Å². The second kappa shape index (κ2) is 15.2. The first-order valence-corrected chi connectivity index (χ1v) is 15.8. The van der Waals surface area contributed by atoms with Gasteiger partial charge in [-0.25, -0.2) is 13.9 Å². The van der Waals surface area contributed by atoms with Gasteiger partial charge in [0.1, 0.15) is 11.5 Å². The van der Waals surface area contributed by atoms with Gasteiger partial charge in [-0.2, -0.15) is 4.98 Å². The van der Waals surface area contributed by atoms with Crippen LogP contribution in [0.1, 0.15) is 30.7 Å². The first kappa shape index (κ1) is 35.7. The molecule has 11 nitrogen and oxygen atoms in total. The van der Waals surface area contributed by atoms with Crippen LogP contribution in [-0.2, 0) is 27.6 Å². The summed E-state index contributed by atoms with van der Waals surface area (Å²) in [5, 5.41) is 13.3. The monoisotopic (exact) mass is 696 g/mol. The van der Waals surface area contributed by atoms with Gasteiger partial charge in [0.25, 0.3) is 5.91 Å². The first-order chi connectivity index (χ1) is 22.0. The van der Waals surface area contributed by atoms with E-state index in [1.807, 2.05) is 30.3 Å². The number of nitrogens with zero attached hydrogens (tertiary/aromatic N) is 3. The standard InChI is InChI=1S/C31H31F3N4O7S.ClH/c32-31(33,34)44-25-10-8-23(9-11-25)28-35-27(45-37-28)7-4-20-43-24-12-14-26(15-13-24)46(41,42)30(29(39)36-40)16-18-38(19-17-30)21-22-5-2-1-3-6-22;/h1-3,5-6,8-15,40H,4,7,16-21H2,(H,36,39);1H. The number of halogens is 4. The van der Waals surface area contributed by atoms with Crippen LogP contribution in [0.5, 0.6) is 11.5 Å². The Kier molecular flexibility index (Phi) is 11.5. The van der Waals surface area contributed by atoms with E-state index in [4.69, 9.17) is 9.26 Å². The molecule has 0 atom stereocenters. The third-order valence-electron chi connectivity index (χ3n) is 7.69. The Morgan fingerprint density at radius 3 is 2.23 bits per heavy atom. The third kappa shape index (κ3) is 8.60. The minimum Gasteiger partial charge on any atom is -0.494 e. The largest absolute Gasteiger partial charge is 0.573 e. The predicted molar refractivity (Wildman–Crippen MR) is 165 cm³/mol. The molecule has 0 saturated carbocycles. The molecule has 2 heterocycles. The van der Waals surface area contributed by atoms with Crippen molar-refractivity contribution in [1.82, 2.24) is 20.5 Å². The summed E-state index contributed by atoms with van der Waals surface area (Å²) in [4.78, 5) is 19.1. The molecule has 5 rings (SSSR count). The minimum absolute atomic E-state index is 0. The number of aromatic nitrogens is 2. The van der Waals surface area contributed by atoms with Crippen molar-refractivity contribution in [2.45, 2.75) is 48.2 Å². The number of ether oxygens (including phenoxy) is 2. The number of amides is 1. The highest BCUT2D eigenvalue weighted by molar-refractivity contribution is 7.93. The zero-order valence-electron chi connectivity index (χ0n) is 24.9. The number of aryl methyl sites for hydroxylation is 1. The molecule has 4 aromatic rings. The van der Waals surface area contributed by atoms with E-state index in [1.165, 1.54) is 36.4 Å². The average molecular weight is 697 g/mol. The lowest BCUT2D eigenvalue weighted by atomic mass is 9.94. The third-order valence-corrected chi connectivity index (χ3v) is 10.2. The summed E-state index contributed by atoms with van der Waals surface area (Å²) in [5.41, 5.74) is 3.10. The maximum Gasteiger partial charge on any atom is 0.573 e. The van der Waals surface area contributed by atoms with Crippen LogP contribution in [0.3, 0.4) is 0 Å². The highest BCUT2D eigenvalue weighted by atomic mass is 35.5. The van der Waals surface area contributed by atoms with Gasteiger partial charge >= 0.3 is 6.36 Å². The van der Waals surface area contributed by atoms with Crippen LogP contribution in [0.25, 0.3) is 11.4 Å². The van der Waals surface area contributed by atoms with Crippen LogP contribution in [0.15, 0.2) is 88.3 Å². The van der Waals surface area contributed by atoms with E-state index in [0.717, 1.165) is 17.7 Å². The fraction of sp³-hybridized carbons (Fsp3) is 0.323. The molecule has 1 fully saturated rings. The second-order valence-corrected chi connectivity index (χ2v) is 13.0. The van der Waals surface area contributed by atoms with E-state index < -0.39 is 26.9 Å². The van der Waals surface area contributed by atoms with Gasteiger partial charge in [-0.3, -0.25) is 14.9 Å². The Morgan fingerprint density at radius 2 is 1.62 bits per heavy atom. The van der Waals surface area contributed by atoms with E-state index >= 15 is 0 Å². The Morgan fingerprint density at radius 1 is 0.979 bits per heavy atom. The van der Waals surface area contributed by atoms with Gasteiger partial charge in [0, 0.05) is 31.6 Å². The molecule has 1 saturated heterocycles. The van der Waals surface area contributed by atoms with Gasteiger partial charge in [0.15, 0.2) is 14.6 Å². The molecule has 1 aromatic heterocycles. The zero-order chi connectivity index (χ0) is 32.8. The quantitative estimate of drug-likeness (QED) is 0.113. The molecule has 0 bridgehead atoms. The molecule has 1 amide bonds. The SMILES string of the molecule is Cl.O=C(NO)C1(S(=O)(=O)c2ccc(OCCCc3nc(-c4ccc(OC(F)(F)F)cc4)no3)cc2)CCN(Cc2ccccc2)CC1. The normalized spacial score (nSPS) is 15.0. The number of hydroxylamine groups is 1. The van der Waals surface area contributed by atoms with Gasteiger partial charge in [-0.15, -0.1) is 25.6 Å². The van der Waals surface area contributed by atoms with Crippen LogP contribution in [0, 0.1) is 0 Å². The molecule has 252 valence electrons. The minimum atomic E-state index is -4.79. The van der Waals surface area contributed by atoms with Crippen LogP contribution in [0.4, 0.5) is 13.2 Å². The lowest BCUT2D eigenvalue weighted by Crippen LogP contribution is -2.57. The summed E-state index contributed by atoms with van der Waals surface area (Å²) in [5.74, 6) is -0.398. The number of likely N-dealkylation sites (tertiary alicyclic amines) is 1. The molecule has 3 aromatic carbocycles. The number of sulfone groups is 1. The van der Waals surface area contributed by atoms with Crippen LogP contribution in [-0.4, -0.2) is 65.4 Å². The molecule has 16 heteroatoms. The Bertz CT molecular complexity index is 1710. The number of piperidine rings is 1. The summed E-state index contributed by atoms with van der Waals surface area (Å²) in [6.45, 7) is 1.57. The molecule has 47 heavy (non-hydrogen) atoms. The lowest BCUT2D eigenvalue weighted by molar-refractivity contribution is -0.274. The first-order valence-electron chi connectivity index (χ1n) is 14.4. The predicted octanol–water partition coefficient (Wildman–Crippen LogP) is 5.38. The van der Waals surface area contributed by atoms with Crippen molar-refractivity contribution in [3.8, 4) is 22.9 Å². The molecular formula is C31H32ClF3N4O7S. The highest BCUT2D eigenvalue weighted by Gasteiger charge is 2.53. The van der Waals surface area contributed by atoms with Crippen molar-refractivity contribution in [3.05, 3.63) is 90.3 Å². The number of benzene rings is 3. The van der Waals surface area contributed by atoms with Gasteiger partial charge in [0.05, 0.1) is 11.5 Å². The average Bonchev–Trinajstić information content (AvgIpc) is 3.52. The summed E-state index contributed by atoms with van der Waals surface area (Å²) in [6, 6.07) is 20.6. The van der Waals surface area contributed by atoms with E-state index in [-0.39, 0.29) is 48.3 Å². The molecule has 1 aliphatic heterocycles. The summed E-state index contributed by atoms with van der Waals surface area (Å²) >= 11 is 0. The molecule has 0 unspecified atom stereocenters. The Balaban J connectivity index is 0.00000500. The van der Waals surface area contributed by atoms with Crippen molar-refractivity contribution in [1.29, 1.82) is 0 Å². The molecule has 0 spiro atoms. The number of carbonyl (C=O) groups excluding carboxylic acids is 1. The van der Waals surface area contributed by atoms with E-state index in [2.05, 4.69) is 19.8 Å². The zero-order valence-corrected chi connectivity index (χ0v) is 26.5. The van der Waals surface area contributed by atoms with Crippen LogP contribution in [0.2, 0.25) is 0 Å². The van der Waals surface area contributed by atoms with Gasteiger partial charge in [0.2, 0.25) is 11.7 Å². The van der Waals surface area contributed by atoms with E-state index in [1.54, 1.807) is 5.48 Å². The van der Waals surface area contributed by atoms with Crippen molar-refractivity contribution < 1.29 is 45.6 Å². The number of rotatable bonds is 12. The van der Waals surface area contributed by atoms with Crippen molar-refractivity contribution >= 4 is 28.2 Å². The Labute approximate surface area is 275 Å². The number of hydrogen-bond acceptors (Lipinski definition) is 10.